The zero-order valence-corrected chi connectivity index (χ0v) is 17.2. The third-order valence-corrected chi connectivity index (χ3v) is 6.79. The highest BCUT2D eigenvalue weighted by atomic mass is 14.3. The topological polar surface area (TPSA) is 0 Å². The van der Waals surface area contributed by atoms with Gasteiger partial charge in [-0.3, -0.25) is 0 Å². The molecule has 0 heterocycles. The highest BCUT2D eigenvalue weighted by molar-refractivity contribution is 4.93. The highest BCUT2D eigenvalue weighted by Gasteiger charge is 2.20. The molecule has 2 rings (SSSR count). The van der Waals surface area contributed by atoms with Crippen molar-refractivity contribution < 1.29 is 0 Å². The van der Waals surface area contributed by atoms with Crippen molar-refractivity contribution in [3.63, 3.8) is 0 Å². The smallest absolute Gasteiger partial charge is 0.0233 e. The molecule has 0 atom stereocenters. The van der Waals surface area contributed by atoms with E-state index in [9.17, 15) is 0 Å². The van der Waals surface area contributed by atoms with Crippen LogP contribution >= 0.6 is 0 Å². The molecule has 25 heavy (non-hydrogen) atoms. The monoisotopic (exact) mass is 344 g/mol. The van der Waals surface area contributed by atoms with E-state index < -0.39 is 0 Å². The molecular formula is C25H44. The van der Waals surface area contributed by atoms with E-state index >= 15 is 0 Å². The molecule has 0 nitrogen and oxygen atoms in total. The Morgan fingerprint density at radius 1 is 0.640 bits per heavy atom. The zero-order chi connectivity index (χ0) is 17.7. The Kier molecular flexibility index (Phi) is 10.6. The summed E-state index contributed by atoms with van der Waals surface area (Å²) in [6.45, 7) is 4.56. The van der Waals surface area contributed by atoms with E-state index in [1.165, 1.54) is 96.3 Å². The van der Waals surface area contributed by atoms with Crippen molar-refractivity contribution in [3.8, 4) is 0 Å². The Morgan fingerprint density at radius 2 is 1.20 bits per heavy atom. The molecule has 0 aromatic rings. The predicted molar refractivity (Wildman–Crippen MR) is 113 cm³/mol. The predicted octanol–water partition coefficient (Wildman–Crippen LogP) is 8.48. The molecule has 2 saturated carbocycles. The second-order valence-electron chi connectivity index (χ2n) is 8.90. The average molecular weight is 345 g/mol. The molecule has 0 aliphatic heterocycles. The van der Waals surface area contributed by atoms with Crippen molar-refractivity contribution in [1.29, 1.82) is 0 Å². The van der Waals surface area contributed by atoms with Gasteiger partial charge in [0.25, 0.3) is 0 Å². The number of rotatable bonds is 10. The maximum absolute atomic E-state index is 2.58. The lowest BCUT2D eigenvalue weighted by atomic mass is 9.79. The number of allylic oxidation sites excluding steroid dienone is 4. The Hall–Kier alpha value is -0.520. The maximum atomic E-state index is 2.58. The lowest BCUT2D eigenvalue weighted by Gasteiger charge is -2.27. The minimum absolute atomic E-state index is 0.888. The molecule has 0 unspecified atom stereocenters. The number of hydrogen-bond donors (Lipinski definition) is 0. The van der Waals surface area contributed by atoms with Crippen molar-refractivity contribution in [2.24, 2.45) is 23.7 Å². The van der Waals surface area contributed by atoms with E-state index in [2.05, 4.69) is 38.2 Å². The Balaban J connectivity index is 1.52. The van der Waals surface area contributed by atoms with Gasteiger partial charge in [0.05, 0.1) is 0 Å². The fourth-order valence-corrected chi connectivity index (χ4v) is 4.97. The van der Waals surface area contributed by atoms with Crippen molar-refractivity contribution in [2.45, 2.75) is 110 Å². The summed E-state index contributed by atoms with van der Waals surface area (Å²) in [6.07, 6.45) is 31.4. The van der Waals surface area contributed by atoms with Crippen LogP contribution in [0.4, 0.5) is 0 Å². The molecule has 144 valence electrons. The van der Waals surface area contributed by atoms with Gasteiger partial charge in [-0.25, -0.2) is 0 Å². The summed E-state index contributed by atoms with van der Waals surface area (Å²) in [5, 5.41) is 0. The maximum Gasteiger partial charge on any atom is -0.0233 e. The fourth-order valence-electron chi connectivity index (χ4n) is 4.97. The zero-order valence-electron chi connectivity index (χ0n) is 17.2. The Morgan fingerprint density at radius 3 is 1.76 bits per heavy atom. The van der Waals surface area contributed by atoms with Crippen LogP contribution < -0.4 is 0 Å². The van der Waals surface area contributed by atoms with Crippen molar-refractivity contribution >= 4 is 0 Å². The third kappa shape index (κ3) is 8.61. The Bertz CT molecular complexity index is 361. The molecule has 0 aromatic heterocycles. The molecule has 2 aliphatic rings. The van der Waals surface area contributed by atoms with Gasteiger partial charge in [0.1, 0.15) is 0 Å². The molecule has 0 aromatic carbocycles. The van der Waals surface area contributed by atoms with Gasteiger partial charge in [-0.05, 0) is 94.3 Å². The van der Waals surface area contributed by atoms with Crippen LogP contribution in [0.15, 0.2) is 24.3 Å². The van der Waals surface area contributed by atoms with Crippen LogP contribution in [0.1, 0.15) is 110 Å². The van der Waals surface area contributed by atoms with E-state index in [4.69, 9.17) is 0 Å². The first-order valence-corrected chi connectivity index (χ1v) is 11.6. The van der Waals surface area contributed by atoms with Crippen molar-refractivity contribution in [2.75, 3.05) is 0 Å². The van der Waals surface area contributed by atoms with E-state index in [1.807, 2.05) is 0 Å². The second kappa shape index (κ2) is 12.8. The molecular weight excluding hydrogens is 300 g/mol. The van der Waals surface area contributed by atoms with Crippen LogP contribution in [0.2, 0.25) is 0 Å². The van der Waals surface area contributed by atoms with Crippen molar-refractivity contribution in [1.82, 2.24) is 0 Å². The van der Waals surface area contributed by atoms with Crippen LogP contribution in [0.3, 0.4) is 0 Å². The normalized spacial score (nSPS) is 31.1. The van der Waals surface area contributed by atoms with Crippen LogP contribution in [0.25, 0.3) is 0 Å². The molecule has 2 fully saturated rings. The molecule has 2 aliphatic carbocycles. The summed E-state index contributed by atoms with van der Waals surface area (Å²) in [6, 6.07) is 0. The van der Waals surface area contributed by atoms with Gasteiger partial charge in [0.15, 0.2) is 0 Å². The standard InChI is InChI=1S/C25H44/c1-3-5-7-11-23-18-20-25(21-19-23)13-9-8-12-24-16-14-22(15-17-24)10-6-4-2/h6,9-10,13,22-25H,3-5,7-8,11-12,14-21H2,1-2H3/t22-,23-,24-,25-. The fraction of sp³-hybridized carbons (Fsp3) is 0.840. The Labute approximate surface area is 158 Å². The molecule has 0 N–H and O–H groups in total. The SMILES string of the molecule is CCC=C[C@H]1CC[C@H](CCC=C[C@H]2CC[C@H](CCCCC)CC2)CC1. The molecule has 0 amide bonds. The van der Waals surface area contributed by atoms with Crippen LogP contribution in [0, 0.1) is 23.7 Å². The summed E-state index contributed by atoms with van der Waals surface area (Å²) in [4.78, 5) is 0. The molecule has 0 spiro atoms. The lowest BCUT2D eigenvalue weighted by molar-refractivity contribution is 0.287. The summed E-state index contributed by atoms with van der Waals surface area (Å²) in [7, 11) is 0. The summed E-state index contributed by atoms with van der Waals surface area (Å²) in [5.41, 5.74) is 0. The van der Waals surface area contributed by atoms with Crippen LogP contribution in [-0.2, 0) is 0 Å². The van der Waals surface area contributed by atoms with Gasteiger partial charge >= 0.3 is 0 Å². The van der Waals surface area contributed by atoms with Crippen LogP contribution in [0.5, 0.6) is 0 Å². The molecule has 0 radical (unpaired) electrons. The number of hydrogen-bond acceptors (Lipinski definition) is 0. The van der Waals surface area contributed by atoms with E-state index in [-0.39, 0.29) is 0 Å². The van der Waals surface area contributed by atoms with Crippen LogP contribution in [-0.4, -0.2) is 0 Å². The minimum atomic E-state index is 0.888. The van der Waals surface area contributed by atoms with E-state index in [0.29, 0.717) is 0 Å². The van der Waals surface area contributed by atoms with Gasteiger partial charge in [-0.2, -0.15) is 0 Å². The second-order valence-corrected chi connectivity index (χ2v) is 8.90. The third-order valence-electron chi connectivity index (χ3n) is 6.79. The number of unbranched alkanes of at least 4 members (excludes halogenated alkanes) is 2. The van der Waals surface area contributed by atoms with E-state index in [1.54, 1.807) is 0 Å². The first-order chi connectivity index (χ1) is 12.3. The summed E-state index contributed by atoms with van der Waals surface area (Å²) in [5.74, 6) is 3.84. The first kappa shape index (κ1) is 20.8. The lowest BCUT2D eigenvalue weighted by Crippen LogP contribution is -2.13. The molecule has 0 bridgehead atoms. The summed E-state index contributed by atoms with van der Waals surface area (Å²) < 4.78 is 0. The summed E-state index contributed by atoms with van der Waals surface area (Å²) >= 11 is 0. The van der Waals surface area contributed by atoms with Gasteiger partial charge in [-0.15, -0.1) is 0 Å². The van der Waals surface area contributed by atoms with Gasteiger partial charge < -0.3 is 0 Å². The average Bonchev–Trinajstić information content (AvgIpc) is 2.66. The first-order valence-electron chi connectivity index (χ1n) is 11.6. The largest absolute Gasteiger partial charge is 0.0885 e. The van der Waals surface area contributed by atoms with Gasteiger partial charge in [0, 0.05) is 0 Å². The van der Waals surface area contributed by atoms with Gasteiger partial charge in [-0.1, -0.05) is 63.8 Å². The minimum Gasteiger partial charge on any atom is -0.0885 e. The highest BCUT2D eigenvalue weighted by Crippen LogP contribution is 2.34. The van der Waals surface area contributed by atoms with Crippen molar-refractivity contribution in [3.05, 3.63) is 24.3 Å². The van der Waals surface area contributed by atoms with E-state index in [0.717, 1.165) is 23.7 Å². The van der Waals surface area contributed by atoms with Gasteiger partial charge in [0.2, 0.25) is 0 Å². The molecule has 0 saturated heterocycles. The molecule has 0 heteroatoms. The quantitative estimate of drug-likeness (QED) is 0.275.